The molecule has 7 nitrogen and oxygen atoms in total. The second kappa shape index (κ2) is 7.45. The average molecular weight is 351 g/mol. The van der Waals surface area contributed by atoms with Crippen LogP contribution in [0.5, 0.6) is 0 Å². The number of rotatable bonds is 4. The predicted molar refractivity (Wildman–Crippen MR) is 86.6 cm³/mol. The number of aryl methyl sites for hydroxylation is 1. The molecular weight excluding hydrogens is 328 g/mol. The molecule has 0 bridgehead atoms. The average Bonchev–Trinajstić information content (AvgIpc) is 2.83. The van der Waals surface area contributed by atoms with E-state index in [0.29, 0.717) is 5.69 Å². The molecule has 0 aromatic carbocycles. The molecule has 4 N–H and O–H groups in total. The smallest absolute Gasteiger partial charge is 0.267 e. The van der Waals surface area contributed by atoms with Gasteiger partial charge in [-0.3, -0.25) is 4.79 Å². The van der Waals surface area contributed by atoms with Gasteiger partial charge in [0.2, 0.25) is 10.0 Å². The molecule has 0 atom stereocenters. The number of carbonyl (C=O) groups is 1. The van der Waals surface area contributed by atoms with E-state index in [2.05, 4.69) is 10.0 Å². The van der Waals surface area contributed by atoms with E-state index in [9.17, 15) is 13.2 Å². The number of sulfonamides is 1. The SMILES string of the molecule is CNC(=O)c1cc(S(=O)(=O)NC2CCC(N)CC2)cn1C.Cl. The maximum atomic E-state index is 12.4. The van der Waals surface area contributed by atoms with Gasteiger partial charge in [0.05, 0.1) is 0 Å². The van der Waals surface area contributed by atoms with Gasteiger partial charge in [-0.2, -0.15) is 0 Å². The van der Waals surface area contributed by atoms with Crippen molar-refractivity contribution in [2.45, 2.75) is 42.7 Å². The van der Waals surface area contributed by atoms with Gasteiger partial charge in [-0.05, 0) is 31.7 Å². The van der Waals surface area contributed by atoms with Crippen LogP contribution in [0.15, 0.2) is 17.2 Å². The summed E-state index contributed by atoms with van der Waals surface area (Å²) in [5, 5.41) is 2.48. The van der Waals surface area contributed by atoms with Crippen LogP contribution in [0.25, 0.3) is 0 Å². The lowest BCUT2D eigenvalue weighted by molar-refractivity contribution is 0.0955. The van der Waals surface area contributed by atoms with Crippen molar-refractivity contribution in [1.29, 1.82) is 0 Å². The zero-order valence-electron chi connectivity index (χ0n) is 12.7. The molecule has 1 aromatic heterocycles. The van der Waals surface area contributed by atoms with E-state index in [1.165, 1.54) is 23.9 Å². The highest BCUT2D eigenvalue weighted by Gasteiger charge is 2.26. The molecule has 0 spiro atoms. The molecule has 1 heterocycles. The molecule has 9 heteroatoms. The minimum Gasteiger partial charge on any atom is -0.354 e. The van der Waals surface area contributed by atoms with E-state index in [0.717, 1.165) is 25.7 Å². The maximum absolute atomic E-state index is 12.4. The molecule has 0 unspecified atom stereocenters. The molecule has 0 saturated heterocycles. The monoisotopic (exact) mass is 350 g/mol. The van der Waals surface area contributed by atoms with Crippen LogP contribution >= 0.6 is 12.4 Å². The quantitative estimate of drug-likeness (QED) is 0.728. The van der Waals surface area contributed by atoms with Crippen molar-refractivity contribution in [3.63, 3.8) is 0 Å². The van der Waals surface area contributed by atoms with Crippen molar-refractivity contribution in [2.24, 2.45) is 12.8 Å². The molecule has 1 fully saturated rings. The van der Waals surface area contributed by atoms with Gasteiger partial charge >= 0.3 is 0 Å². The molecule has 1 aliphatic rings. The second-order valence-corrected chi connectivity index (χ2v) is 7.20. The van der Waals surface area contributed by atoms with Gasteiger partial charge in [0.25, 0.3) is 5.91 Å². The topological polar surface area (TPSA) is 106 Å². The molecule has 1 amide bonds. The van der Waals surface area contributed by atoms with Crippen molar-refractivity contribution >= 4 is 28.3 Å². The molecule has 2 rings (SSSR count). The van der Waals surface area contributed by atoms with Gasteiger partial charge in [0.1, 0.15) is 10.6 Å². The lowest BCUT2D eigenvalue weighted by atomic mass is 9.93. The Bertz CT molecular complexity index is 621. The number of aromatic nitrogens is 1. The highest BCUT2D eigenvalue weighted by Crippen LogP contribution is 2.20. The van der Waals surface area contributed by atoms with Crippen LogP contribution in [-0.4, -0.2) is 38.0 Å². The summed E-state index contributed by atoms with van der Waals surface area (Å²) in [6.45, 7) is 0. The summed E-state index contributed by atoms with van der Waals surface area (Å²) in [6.07, 6.45) is 4.59. The van der Waals surface area contributed by atoms with Gasteiger partial charge < -0.3 is 15.6 Å². The van der Waals surface area contributed by atoms with E-state index >= 15 is 0 Å². The number of halogens is 1. The largest absolute Gasteiger partial charge is 0.354 e. The number of hydrogen-bond donors (Lipinski definition) is 3. The van der Waals surface area contributed by atoms with E-state index in [-0.39, 0.29) is 35.3 Å². The predicted octanol–water partition coefficient (Wildman–Crippen LogP) is 0.355. The van der Waals surface area contributed by atoms with E-state index in [4.69, 9.17) is 5.73 Å². The second-order valence-electron chi connectivity index (χ2n) is 5.48. The Labute approximate surface area is 137 Å². The summed E-state index contributed by atoms with van der Waals surface area (Å²) in [6, 6.07) is 1.47. The van der Waals surface area contributed by atoms with E-state index in [1.54, 1.807) is 7.05 Å². The molecule has 0 radical (unpaired) electrons. The minimum absolute atomic E-state index is 0. The molecule has 126 valence electrons. The fraction of sp³-hybridized carbons (Fsp3) is 0.615. The zero-order chi connectivity index (χ0) is 15.6. The minimum atomic E-state index is -3.61. The van der Waals surface area contributed by atoms with Crippen LogP contribution in [0.2, 0.25) is 0 Å². The van der Waals surface area contributed by atoms with Gasteiger partial charge in [-0.25, -0.2) is 13.1 Å². The highest BCUT2D eigenvalue weighted by atomic mass is 35.5. The van der Waals surface area contributed by atoms with Gasteiger partial charge in [-0.15, -0.1) is 12.4 Å². The standard InChI is InChI=1S/C13H22N4O3S.ClH/c1-15-13(18)12-7-11(8-17(12)2)21(19,20)16-10-5-3-9(14)4-6-10;/h7-10,16H,3-6,14H2,1-2H3,(H,15,18);1H. The third kappa shape index (κ3) is 4.22. The van der Waals surface area contributed by atoms with Crippen LogP contribution in [0, 0.1) is 0 Å². The molecule has 0 aliphatic heterocycles. The Morgan fingerprint density at radius 3 is 2.45 bits per heavy atom. The summed E-state index contributed by atoms with van der Waals surface area (Å²) in [7, 11) is -0.463. The number of nitrogens with one attached hydrogen (secondary N) is 2. The Kier molecular flexibility index (Phi) is 6.42. The molecule has 1 aliphatic carbocycles. The lowest BCUT2D eigenvalue weighted by Gasteiger charge is -2.26. The number of nitrogens with two attached hydrogens (primary N) is 1. The van der Waals surface area contributed by atoms with Crippen LogP contribution in [0.1, 0.15) is 36.2 Å². The number of nitrogens with zero attached hydrogens (tertiary/aromatic N) is 1. The Hall–Kier alpha value is -1.09. The number of hydrogen-bond acceptors (Lipinski definition) is 4. The first kappa shape index (κ1) is 19.0. The molecule has 22 heavy (non-hydrogen) atoms. The summed E-state index contributed by atoms with van der Waals surface area (Å²) >= 11 is 0. The van der Waals surface area contributed by atoms with Crippen LogP contribution < -0.4 is 15.8 Å². The lowest BCUT2D eigenvalue weighted by Crippen LogP contribution is -2.40. The highest BCUT2D eigenvalue weighted by molar-refractivity contribution is 7.89. The van der Waals surface area contributed by atoms with Gasteiger partial charge in [-0.1, -0.05) is 0 Å². The van der Waals surface area contributed by atoms with Crippen molar-refractivity contribution in [3.05, 3.63) is 18.0 Å². The number of carbonyl (C=O) groups excluding carboxylic acids is 1. The Morgan fingerprint density at radius 1 is 1.32 bits per heavy atom. The van der Waals surface area contributed by atoms with Crippen molar-refractivity contribution < 1.29 is 13.2 Å². The van der Waals surface area contributed by atoms with Gasteiger partial charge in [0.15, 0.2) is 0 Å². The normalized spacial score (nSPS) is 22.0. The van der Waals surface area contributed by atoms with Crippen LogP contribution in [0.3, 0.4) is 0 Å². The summed E-state index contributed by atoms with van der Waals surface area (Å²) in [5.41, 5.74) is 6.13. The molecule has 1 saturated carbocycles. The van der Waals surface area contributed by atoms with Crippen molar-refractivity contribution in [3.8, 4) is 0 Å². The van der Waals surface area contributed by atoms with E-state index in [1.807, 2.05) is 0 Å². The molecule has 1 aromatic rings. The third-order valence-electron chi connectivity index (χ3n) is 3.84. The molecular formula is C13H23ClN4O3S. The number of amides is 1. The summed E-state index contributed by atoms with van der Waals surface area (Å²) < 4.78 is 28.9. The Balaban J connectivity index is 0.00000242. The van der Waals surface area contributed by atoms with Crippen LogP contribution in [-0.2, 0) is 17.1 Å². The third-order valence-corrected chi connectivity index (χ3v) is 5.33. The van der Waals surface area contributed by atoms with Gasteiger partial charge in [0, 0.05) is 32.4 Å². The fourth-order valence-corrected chi connectivity index (χ4v) is 3.93. The van der Waals surface area contributed by atoms with Crippen molar-refractivity contribution in [1.82, 2.24) is 14.6 Å². The fourth-order valence-electron chi connectivity index (χ4n) is 2.56. The van der Waals surface area contributed by atoms with E-state index < -0.39 is 10.0 Å². The first-order valence-corrected chi connectivity index (χ1v) is 8.48. The van der Waals surface area contributed by atoms with Crippen molar-refractivity contribution in [2.75, 3.05) is 7.05 Å². The zero-order valence-corrected chi connectivity index (χ0v) is 14.3. The van der Waals surface area contributed by atoms with Crippen LogP contribution in [0.4, 0.5) is 0 Å². The summed E-state index contributed by atoms with van der Waals surface area (Å²) in [5.74, 6) is -0.317. The summed E-state index contributed by atoms with van der Waals surface area (Å²) in [4.78, 5) is 11.7. The first-order chi connectivity index (χ1) is 9.83. The first-order valence-electron chi connectivity index (χ1n) is 7.00. The Morgan fingerprint density at radius 2 is 1.91 bits per heavy atom. The maximum Gasteiger partial charge on any atom is 0.267 e.